The fourth-order valence-corrected chi connectivity index (χ4v) is 3.19. The minimum absolute atomic E-state index is 0.0778. The number of nitrogens with zero attached hydrogens (tertiary/aromatic N) is 2. The number of amides is 2. The van der Waals surface area contributed by atoms with Gasteiger partial charge in [0.25, 0.3) is 0 Å². The molecule has 0 unspecified atom stereocenters. The Morgan fingerprint density at radius 1 is 1.48 bits per heavy atom. The van der Waals surface area contributed by atoms with Crippen molar-refractivity contribution in [3.8, 4) is 0 Å². The average Bonchev–Trinajstić information content (AvgIpc) is 2.82. The second-order valence-corrected chi connectivity index (χ2v) is 6.09. The summed E-state index contributed by atoms with van der Waals surface area (Å²) < 4.78 is 2.57. The molecule has 1 heterocycles. The first-order chi connectivity index (χ1) is 10.1. The fourth-order valence-electron chi connectivity index (χ4n) is 2.91. The summed E-state index contributed by atoms with van der Waals surface area (Å²) >= 11 is 5.14. The molecule has 0 aliphatic heterocycles. The first kappa shape index (κ1) is 16.0. The molecule has 2 atom stereocenters. The molecule has 1 aromatic rings. The number of H-pyrrole nitrogens is 1. The Morgan fingerprint density at radius 3 is 2.95 bits per heavy atom. The van der Waals surface area contributed by atoms with Crippen LogP contribution in [0.5, 0.6) is 0 Å². The van der Waals surface area contributed by atoms with Gasteiger partial charge in [0.1, 0.15) is 5.82 Å². The molecule has 0 bridgehead atoms. The zero-order valence-electron chi connectivity index (χ0n) is 12.8. The number of aromatic amines is 1. The van der Waals surface area contributed by atoms with E-state index in [2.05, 4.69) is 27.8 Å². The third-order valence-corrected chi connectivity index (χ3v) is 4.53. The van der Waals surface area contributed by atoms with E-state index in [4.69, 9.17) is 12.2 Å². The van der Waals surface area contributed by atoms with Gasteiger partial charge in [0.05, 0.1) is 0 Å². The summed E-state index contributed by atoms with van der Waals surface area (Å²) in [5.74, 6) is 1.45. The maximum absolute atomic E-state index is 11.9. The molecular weight excluding hydrogens is 286 g/mol. The second kappa shape index (κ2) is 7.59. The van der Waals surface area contributed by atoms with Gasteiger partial charge in [-0.15, -0.1) is 0 Å². The van der Waals surface area contributed by atoms with E-state index in [1.54, 1.807) is 0 Å². The van der Waals surface area contributed by atoms with E-state index < -0.39 is 0 Å². The van der Waals surface area contributed by atoms with Gasteiger partial charge in [-0.25, -0.2) is 4.79 Å². The van der Waals surface area contributed by atoms with Gasteiger partial charge in [0, 0.05) is 25.6 Å². The van der Waals surface area contributed by atoms with Gasteiger partial charge in [-0.2, -0.15) is 5.10 Å². The Morgan fingerprint density at radius 2 is 2.24 bits per heavy atom. The van der Waals surface area contributed by atoms with Crippen LogP contribution in [0.1, 0.15) is 45.4 Å². The van der Waals surface area contributed by atoms with Gasteiger partial charge >= 0.3 is 6.03 Å². The Kier molecular flexibility index (Phi) is 5.78. The summed E-state index contributed by atoms with van der Waals surface area (Å²) in [4.78, 5) is 11.9. The molecule has 7 heteroatoms. The standard InChI is InChI=1S/C14H25N5OS/c1-3-19-12(17-18-14(19)21)8-9-15-13(20)16-11-7-5-4-6-10(11)2/h10-11H,3-9H2,1-2H3,(H,18,21)(H2,15,16,20)/t10-,11+/m0/s1. The Balaban J connectivity index is 1.75. The molecule has 3 N–H and O–H groups in total. The van der Waals surface area contributed by atoms with Crippen LogP contribution in [-0.4, -0.2) is 33.4 Å². The third-order valence-electron chi connectivity index (χ3n) is 4.22. The molecule has 6 nitrogen and oxygen atoms in total. The van der Waals surface area contributed by atoms with Crippen molar-refractivity contribution in [2.45, 2.75) is 58.5 Å². The lowest BCUT2D eigenvalue weighted by Crippen LogP contribution is -2.46. The fraction of sp³-hybridized carbons (Fsp3) is 0.786. The minimum Gasteiger partial charge on any atom is -0.338 e. The van der Waals surface area contributed by atoms with E-state index in [-0.39, 0.29) is 6.03 Å². The van der Waals surface area contributed by atoms with Crippen molar-refractivity contribution in [2.75, 3.05) is 6.54 Å². The molecule has 1 aromatic heterocycles. The number of hydrogen-bond donors (Lipinski definition) is 3. The van der Waals surface area contributed by atoms with Gasteiger partial charge in [-0.3, -0.25) is 5.10 Å². The largest absolute Gasteiger partial charge is 0.338 e. The van der Waals surface area contributed by atoms with Crippen LogP contribution in [0.15, 0.2) is 0 Å². The molecule has 118 valence electrons. The Bertz CT molecular complexity index is 524. The first-order valence-electron chi connectivity index (χ1n) is 7.80. The highest BCUT2D eigenvalue weighted by Crippen LogP contribution is 2.23. The average molecular weight is 311 g/mol. The first-order valence-corrected chi connectivity index (χ1v) is 8.21. The highest BCUT2D eigenvalue weighted by Gasteiger charge is 2.22. The van der Waals surface area contributed by atoms with Gasteiger partial charge in [-0.05, 0) is 37.9 Å². The summed E-state index contributed by atoms with van der Waals surface area (Å²) in [6.07, 6.45) is 5.45. The number of rotatable bonds is 5. The van der Waals surface area contributed by atoms with Gasteiger partial charge in [-0.1, -0.05) is 19.8 Å². The van der Waals surface area contributed by atoms with Crippen molar-refractivity contribution in [1.82, 2.24) is 25.4 Å². The predicted molar refractivity (Wildman–Crippen MR) is 84.7 cm³/mol. The maximum atomic E-state index is 11.9. The molecule has 2 rings (SSSR count). The van der Waals surface area contributed by atoms with Crippen LogP contribution in [0.2, 0.25) is 0 Å². The summed E-state index contributed by atoms with van der Waals surface area (Å²) in [6, 6.07) is 0.231. The molecule has 0 spiro atoms. The number of carbonyl (C=O) groups excluding carboxylic acids is 1. The molecule has 1 aliphatic carbocycles. The molecule has 1 aliphatic rings. The maximum Gasteiger partial charge on any atom is 0.315 e. The lowest BCUT2D eigenvalue weighted by molar-refractivity contribution is 0.222. The molecule has 0 radical (unpaired) electrons. The van der Waals surface area contributed by atoms with Gasteiger partial charge in [0.2, 0.25) is 0 Å². The van der Waals surface area contributed by atoms with Crippen LogP contribution >= 0.6 is 12.2 Å². The molecule has 1 saturated carbocycles. The summed E-state index contributed by atoms with van der Waals surface area (Å²) in [5.41, 5.74) is 0. The highest BCUT2D eigenvalue weighted by atomic mass is 32.1. The topological polar surface area (TPSA) is 74.7 Å². The van der Waals surface area contributed by atoms with Crippen molar-refractivity contribution in [3.05, 3.63) is 10.6 Å². The highest BCUT2D eigenvalue weighted by molar-refractivity contribution is 7.71. The molecular formula is C14H25N5OS. The Hall–Kier alpha value is -1.37. The number of nitrogens with one attached hydrogen (secondary N) is 3. The molecule has 0 saturated heterocycles. The monoisotopic (exact) mass is 311 g/mol. The van der Waals surface area contributed by atoms with Crippen molar-refractivity contribution in [3.63, 3.8) is 0 Å². The van der Waals surface area contributed by atoms with Crippen LogP contribution < -0.4 is 10.6 Å². The molecule has 2 amide bonds. The van der Waals surface area contributed by atoms with Gasteiger partial charge in [0.15, 0.2) is 4.77 Å². The van der Waals surface area contributed by atoms with E-state index >= 15 is 0 Å². The van der Waals surface area contributed by atoms with Crippen molar-refractivity contribution >= 4 is 18.2 Å². The smallest absolute Gasteiger partial charge is 0.315 e. The molecule has 1 fully saturated rings. The van der Waals surface area contributed by atoms with Crippen LogP contribution in [0.3, 0.4) is 0 Å². The van der Waals surface area contributed by atoms with E-state index in [1.165, 1.54) is 19.3 Å². The SMILES string of the molecule is CCn1c(CCNC(=O)N[C@@H]2CCCC[C@@H]2C)n[nH]c1=S. The van der Waals surface area contributed by atoms with E-state index in [9.17, 15) is 4.79 Å². The lowest BCUT2D eigenvalue weighted by atomic mass is 9.86. The number of aromatic nitrogens is 3. The lowest BCUT2D eigenvalue weighted by Gasteiger charge is -2.29. The summed E-state index contributed by atoms with van der Waals surface area (Å²) in [5, 5.41) is 13.0. The van der Waals surface area contributed by atoms with Crippen molar-refractivity contribution < 1.29 is 4.79 Å². The van der Waals surface area contributed by atoms with Crippen molar-refractivity contribution in [2.24, 2.45) is 5.92 Å². The predicted octanol–water partition coefficient (Wildman–Crippen LogP) is 2.38. The molecule has 21 heavy (non-hydrogen) atoms. The number of carbonyl (C=O) groups is 1. The molecule has 0 aromatic carbocycles. The summed E-state index contributed by atoms with van der Waals surface area (Å²) in [6.45, 7) is 5.59. The Labute approximate surface area is 130 Å². The van der Waals surface area contributed by atoms with Crippen molar-refractivity contribution in [1.29, 1.82) is 0 Å². The third kappa shape index (κ3) is 4.30. The quantitative estimate of drug-likeness (QED) is 0.731. The zero-order valence-corrected chi connectivity index (χ0v) is 13.6. The minimum atomic E-state index is -0.0778. The number of urea groups is 1. The zero-order chi connectivity index (χ0) is 15.2. The van der Waals surface area contributed by atoms with E-state index in [1.807, 2.05) is 11.5 Å². The second-order valence-electron chi connectivity index (χ2n) is 5.71. The summed E-state index contributed by atoms with van der Waals surface area (Å²) in [7, 11) is 0. The normalized spacial score (nSPS) is 22.0. The van der Waals surface area contributed by atoms with E-state index in [0.29, 0.717) is 29.7 Å². The number of hydrogen-bond acceptors (Lipinski definition) is 3. The van der Waals surface area contributed by atoms with Gasteiger partial charge < -0.3 is 15.2 Å². The van der Waals surface area contributed by atoms with Crippen LogP contribution in [0, 0.1) is 10.7 Å². The van der Waals surface area contributed by atoms with Crippen LogP contribution in [-0.2, 0) is 13.0 Å². The van der Waals surface area contributed by atoms with Crippen LogP contribution in [0.4, 0.5) is 4.79 Å². The van der Waals surface area contributed by atoms with Crippen LogP contribution in [0.25, 0.3) is 0 Å². The van der Waals surface area contributed by atoms with E-state index in [0.717, 1.165) is 18.8 Å².